The second-order valence-corrected chi connectivity index (χ2v) is 7.87. The highest BCUT2D eigenvalue weighted by atomic mass is 19.1. The van der Waals surface area contributed by atoms with E-state index in [1.807, 2.05) is 6.92 Å². The minimum absolute atomic E-state index is 0.0148. The van der Waals surface area contributed by atoms with Gasteiger partial charge in [-0.1, -0.05) is 17.3 Å². The van der Waals surface area contributed by atoms with Crippen LogP contribution in [0.5, 0.6) is 0 Å². The van der Waals surface area contributed by atoms with E-state index in [1.54, 1.807) is 24.3 Å². The van der Waals surface area contributed by atoms with Crippen LogP contribution in [0.25, 0.3) is 11.4 Å². The Bertz CT molecular complexity index is 1020. The van der Waals surface area contributed by atoms with E-state index in [2.05, 4.69) is 20.4 Å². The van der Waals surface area contributed by atoms with Crippen molar-refractivity contribution in [2.75, 3.05) is 13.1 Å². The van der Waals surface area contributed by atoms with Crippen molar-refractivity contribution in [1.82, 2.24) is 20.4 Å². The molecule has 0 aliphatic carbocycles. The van der Waals surface area contributed by atoms with Crippen LogP contribution in [0.4, 0.5) is 8.78 Å². The van der Waals surface area contributed by atoms with Crippen LogP contribution in [0.2, 0.25) is 0 Å². The van der Waals surface area contributed by atoms with Gasteiger partial charge in [0, 0.05) is 12.1 Å². The molecule has 1 N–H and O–H groups in total. The van der Waals surface area contributed by atoms with Gasteiger partial charge in [-0.05, 0) is 68.3 Å². The van der Waals surface area contributed by atoms with Crippen molar-refractivity contribution < 1.29 is 18.1 Å². The molecule has 0 bridgehead atoms. The van der Waals surface area contributed by atoms with Gasteiger partial charge in [0.05, 0.1) is 18.5 Å². The molecule has 2 unspecified atom stereocenters. The molecule has 1 fully saturated rings. The molecule has 8 heteroatoms. The number of carbonyl (C=O) groups excluding carboxylic acids is 1. The standard InChI is InChI=1S/C23H24F2N4O2/c1-15(16-4-8-19(24)9-5-16)26-23(30)18-3-2-12-29(13-18)14-21-27-22(28-31-21)17-6-10-20(25)11-7-17/h4-11,15,18H,2-3,12-14H2,1H3,(H,26,30). The molecule has 2 heterocycles. The lowest BCUT2D eigenvalue weighted by Crippen LogP contribution is -2.43. The van der Waals surface area contributed by atoms with E-state index in [4.69, 9.17) is 4.52 Å². The lowest BCUT2D eigenvalue weighted by atomic mass is 9.96. The molecule has 31 heavy (non-hydrogen) atoms. The second kappa shape index (κ2) is 9.34. The Balaban J connectivity index is 1.33. The first-order valence-electron chi connectivity index (χ1n) is 10.3. The van der Waals surface area contributed by atoms with Crippen LogP contribution in [0, 0.1) is 17.6 Å². The Morgan fingerprint density at radius 3 is 2.55 bits per heavy atom. The van der Waals surface area contributed by atoms with E-state index in [9.17, 15) is 13.6 Å². The van der Waals surface area contributed by atoms with Crippen molar-refractivity contribution >= 4 is 5.91 Å². The quantitative estimate of drug-likeness (QED) is 0.643. The fraction of sp³-hybridized carbons (Fsp3) is 0.348. The van der Waals surface area contributed by atoms with Crippen LogP contribution < -0.4 is 5.32 Å². The Morgan fingerprint density at radius 2 is 1.84 bits per heavy atom. The number of amides is 1. The summed E-state index contributed by atoms with van der Waals surface area (Å²) in [4.78, 5) is 19.3. The minimum Gasteiger partial charge on any atom is -0.349 e. The first-order valence-corrected chi connectivity index (χ1v) is 10.3. The van der Waals surface area contributed by atoms with Gasteiger partial charge in [-0.15, -0.1) is 0 Å². The lowest BCUT2D eigenvalue weighted by Gasteiger charge is -2.31. The lowest BCUT2D eigenvalue weighted by molar-refractivity contribution is -0.127. The van der Waals surface area contributed by atoms with Gasteiger partial charge in [0.25, 0.3) is 0 Å². The summed E-state index contributed by atoms with van der Waals surface area (Å²) >= 11 is 0. The summed E-state index contributed by atoms with van der Waals surface area (Å²) in [6.07, 6.45) is 1.70. The zero-order valence-electron chi connectivity index (χ0n) is 17.2. The molecule has 2 atom stereocenters. The number of likely N-dealkylation sites (tertiary alicyclic amines) is 1. The fourth-order valence-corrected chi connectivity index (χ4v) is 3.81. The van der Waals surface area contributed by atoms with E-state index >= 15 is 0 Å². The first kappa shape index (κ1) is 21.1. The van der Waals surface area contributed by atoms with Gasteiger partial charge >= 0.3 is 0 Å². The van der Waals surface area contributed by atoms with Crippen molar-refractivity contribution in [3.63, 3.8) is 0 Å². The maximum Gasteiger partial charge on any atom is 0.241 e. The van der Waals surface area contributed by atoms with Gasteiger partial charge in [-0.25, -0.2) is 8.78 Å². The zero-order chi connectivity index (χ0) is 21.8. The molecule has 1 saturated heterocycles. The number of benzene rings is 2. The molecule has 6 nitrogen and oxygen atoms in total. The van der Waals surface area contributed by atoms with Crippen LogP contribution in [0.15, 0.2) is 53.1 Å². The van der Waals surface area contributed by atoms with Gasteiger partial charge < -0.3 is 9.84 Å². The number of aromatic nitrogens is 2. The molecule has 4 rings (SSSR count). The number of nitrogens with one attached hydrogen (secondary N) is 1. The average molecular weight is 426 g/mol. The first-order chi connectivity index (χ1) is 15.0. The van der Waals surface area contributed by atoms with E-state index in [0.29, 0.717) is 30.4 Å². The molecule has 0 spiro atoms. The van der Waals surface area contributed by atoms with Crippen LogP contribution >= 0.6 is 0 Å². The highest BCUT2D eigenvalue weighted by Crippen LogP contribution is 2.22. The van der Waals surface area contributed by atoms with Crippen LogP contribution in [-0.2, 0) is 11.3 Å². The Labute approximate surface area is 179 Å². The molecule has 1 aliphatic rings. The molecule has 1 aromatic heterocycles. The van der Waals surface area contributed by atoms with Crippen LogP contribution in [-0.4, -0.2) is 34.0 Å². The third-order valence-corrected chi connectivity index (χ3v) is 5.53. The number of piperidine rings is 1. The number of rotatable bonds is 6. The maximum absolute atomic E-state index is 13.1. The Kier molecular flexibility index (Phi) is 6.36. The summed E-state index contributed by atoms with van der Waals surface area (Å²) in [7, 11) is 0. The van der Waals surface area contributed by atoms with Crippen molar-refractivity contribution in [2.24, 2.45) is 5.92 Å². The highest BCUT2D eigenvalue weighted by Gasteiger charge is 2.27. The molecule has 1 amide bonds. The van der Waals surface area contributed by atoms with Crippen LogP contribution in [0.3, 0.4) is 0 Å². The smallest absolute Gasteiger partial charge is 0.241 e. The Hall–Kier alpha value is -3.13. The maximum atomic E-state index is 13.1. The summed E-state index contributed by atoms with van der Waals surface area (Å²) in [6, 6.07) is 11.9. The predicted octanol–water partition coefficient (Wildman–Crippen LogP) is 4.10. The number of hydrogen-bond acceptors (Lipinski definition) is 5. The van der Waals surface area contributed by atoms with Crippen molar-refractivity contribution in [2.45, 2.75) is 32.4 Å². The summed E-state index contributed by atoms with van der Waals surface area (Å²) in [5, 5.41) is 7.00. The zero-order valence-corrected chi connectivity index (χ0v) is 17.2. The summed E-state index contributed by atoms with van der Waals surface area (Å²) in [5.41, 5.74) is 1.55. The molecular weight excluding hydrogens is 402 g/mol. The largest absolute Gasteiger partial charge is 0.349 e. The number of carbonyl (C=O) groups is 1. The topological polar surface area (TPSA) is 71.3 Å². The summed E-state index contributed by atoms with van der Waals surface area (Å²) in [6.45, 7) is 3.77. The third-order valence-electron chi connectivity index (χ3n) is 5.53. The minimum atomic E-state index is -0.321. The predicted molar refractivity (Wildman–Crippen MR) is 111 cm³/mol. The summed E-state index contributed by atoms with van der Waals surface area (Å²) < 4.78 is 31.6. The van der Waals surface area contributed by atoms with E-state index < -0.39 is 0 Å². The monoisotopic (exact) mass is 426 g/mol. The number of hydrogen-bond donors (Lipinski definition) is 1. The molecule has 2 aromatic carbocycles. The average Bonchev–Trinajstić information content (AvgIpc) is 3.23. The number of nitrogens with zero attached hydrogens (tertiary/aromatic N) is 3. The highest BCUT2D eigenvalue weighted by molar-refractivity contribution is 5.79. The SMILES string of the molecule is CC(NC(=O)C1CCCN(Cc2nc(-c3ccc(F)cc3)no2)C1)c1ccc(F)cc1. The van der Waals surface area contributed by atoms with Gasteiger partial charge in [-0.2, -0.15) is 4.98 Å². The van der Waals surface area contributed by atoms with Gasteiger partial charge in [0.2, 0.25) is 17.6 Å². The Morgan fingerprint density at radius 1 is 1.16 bits per heavy atom. The summed E-state index contributed by atoms with van der Waals surface area (Å²) in [5.74, 6) is 0.0948. The molecule has 0 radical (unpaired) electrons. The molecule has 1 aliphatic heterocycles. The van der Waals surface area contributed by atoms with Crippen molar-refractivity contribution in [3.05, 3.63) is 71.6 Å². The normalized spacial score (nSPS) is 18.0. The molecular formula is C23H24F2N4O2. The third kappa shape index (κ3) is 5.32. The fourth-order valence-electron chi connectivity index (χ4n) is 3.81. The van der Waals surface area contributed by atoms with Crippen molar-refractivity contribution in [3.8, 4) is 11.4 Å². The number of halogens is 2. The van der Waals surface area contributed by atoms with Crippen molar-refractivity contribution in [1.29, 1.82) is 0 Å². The van der Waals surface area contributed by atoms with E-state index in [1.165, 1.54) is 24.3 Å². The molecule has 0 saturated carbocycles. The molecule has 162 valence electrons. The van der Waals surface area contributed by atoms with Gasteiger partial charge in [0.1, 0.15) is 11.6 Å². The van der Waals surface area contributed by atoms with Gasteiger partial charge in [0.15, 0.2) is 0 Å². The van der Waals surface area contributed by atoms with E-state index in [0.717, 1.165) is 24.9 Å². The van der Waals surface area contributed by atoms with Crippen LogP contribution in [0.1, 0.15) is 37.3 Å². The van der Waals surface area contributed by atoms with Gasteiger partial charge in [-0.3, -0.25) is 9.69 Å². The van der Waals surface area contributed by atoms with E-state index in [-0.39, 0.29) is 29.5 Å². The molecule has 3 aromatic rings. The second-order valence-electron chi connectivity index (χ2n) is 7.87.